The van der Waals surface area contributed by atoms with Gasteiger partial charge in [0.1, 0.15) is 5.52 Å². The predicted molar refractivity (Wildman–Crippen MR) is 78.8 cm³/mol. The Morgan fingerprint density at radius 2 is 2.17 bits per heavy atom. The first kappa shape index (κ1) is 16.2. The van der Waals surface area contributed by atoms with Crippen molar-refractivity contribution >= 4 is 38.6 Å². The highest BCUT2D eigenvalue weighted by Crippen LogP contribution is 2.29. The number of oxazole rings is 1. The van der Waals surface area contributed by atoms with E-state index >= 15 is 0 Å². The summed E-state index contributed by atoms with van der Waals surface area (Å²) in [6.45, 7) is -0.115. The van der Waals surface area contributed by atoms with Crippen molar-refractivity contribution in [1.82, 2.24) is 10.3 Å². The Labute approximate surface area is 135 Å². The molecule has 0 saturated carbocycles. The largest absolute Gasteiger partial charge is 0.434 e. The van der Waals surface area contributed by atoms with Crippen LogP contribution in [0.25, 0.3) is 11.1 Å². The summed E-state index contributed by atoms with van der Waals surface area (Å²) in [4.78, 5) is 28.1. The van der Waals surface area contributed by atoms with E-state index in [-0.39, 0.29) is 23.3 Å². The van der Waals surface area contributed by atoms with Crippen LogP contribution in [0.5, 0.6) is 0 Å². The zero-order valence-corrected chi connectivity index (χ0v) is 13.4. The normalized spacial score (nSPS) is 18.0. The Balaban J connectivity index is 2.02. The first-order chi connectivity index (χ1) is 11.2. The standard InChI is InChI=1S/C13H12FN3O6S/c1-15-11(18)9-5-17(13(19)23-9)6-3-7(14)10-8(4-6)22-12(16-10)24(2,20)21/h3-4,9H,5H2,1-2H3,(H,15,18)/t9-/m1/s1. The topological polar surface area (TPSA) is 119 Å². The molecule has 0 bridgehead atoms. The summed E-state index contributed by atoms with van der Waals surface area (Å²) < 4.78 is 47.0. The number of likely N-dealkylation sites (N-methyl/N-ethyl adjacent to an activating group) is 1. The van der Waals surface area contributed by atoms with E-state index in [2.05, 4.69) is 10.3 Å². The molecule has 1 fully saturated rings. The van der Waals surface area contributed by atoms with E-state index in [1.54, 1.807) is 0 Å². The van der Waals surface area contributed by atoms with Crippen molar-refractivity contribution < 1.29 is 31.6 Å². The molecule has 1 N–H and O–H groups in total. The number of aromatic nitrogens is 1. The number of fused-ring (bicyclic) bond motifs is 1. The maximum absolute atomic E-state index is 14.2. The number of anilines is 1. The minimum Gasteiger partial charge on any atom is -0.434 e. The number of hydrogen-bond donors (Lipinski definition) is 1. The highest BCUT2D eigenvalue weighted by molar-refractivity contribution is 7.90. The number of halogens is 1. The summed E-state index contributed by atoms with van der Waals surface area (Å²) in [5, 5.41) is 1.72. The second-order valence-corrected chi connectivity index (χ2v) is 7.02. The van der Waals surface area contributed by atoms with Crippen LogP contribution in [0.3, 0.4) is 0 Å². The molecule has 0 spiro atoms. The number of nitrogens with zero attached hydrogens (tertiary/aromatic N) is 2. The van der Waals surface area contributed by atoms with Crippen LogP contribution in [0.15, 0.2) is 21.8 Å². The maximum atomic E-state index is 14.2. The molecule has 24 heavy (non-hydrogen) atoms. The van der Waals surface area contributed by atoms with E-state index in [0.717, 1.165) is 17.2 Å². The van der Waals surface area contributed by atoms with E-state index in [1.165, 1.54) is 13.1 Å². The average molecular weight is 357 g/mol. The minimum absolute atomic E-state index is 0.0626. The zero-order valence-electron chi connectivity index (χ0n) is 12.6. The predicted octanol–water partition coefficient (Wildman–Crippen LogP) is 0.442. The molecule has 1 aromatic carbocycles. The Morgan fingerprint density at radius 1 is 1.46 bits per heavy atom. The van der Waals surface area contributed by atoms with Gasteiger partial charge >= 0.3 is 11.3 Å². The van der Waals surface area contributed by atoms with Gasteiger partial charge in [-0.2, -0.15) is 4.98 Å². The molecule has 2 amide bonds. The van der Waals surface area contributed by atoms with Gasteiger partial charge in [-0.25, -0.2) is 17.6 Å². The van der Waals surface area contributed by atoms with Gasteiger partial charge in [0.2, 0.25) is 9.84 Å². The zero-order chi connectivity index (χ0) is 17.6. The van der Waals surface area contributed by atoms with Crippen LogP contribution in [0, 0.1) is 5.82 Å². The van der Waals surface area contributed by atoms with Crippen LogP contribution >= 0.6 is 0 Å². The van der Waals surface area contributed by atoms with Gasteiger partial charge < -0.3 is 14.5 Å². The van der Waals surface area contributed by atoms with Crippen molar-refractivity contribution in [3.8, 4) is 0 Å². The van der Waals surface area contributed by atoms with Gasteiger partial charge in [-0.15, -0.1) is 0 Å². The van der Waals surface area contributed by atoms with Crippen molar-refractivity contribution in [2.24, 2.45) is 0 Å². The third-order valence-corrected chi connectivity index (χ3v) is 4.20. The molecular formula is C13H12FN3O6S. The van der Waals surface area contributed by atoms with E-state index in [4.69, 9.17) is 9.15 Å². The summed E-state index contributed by atoms with van der Waals surface area (Å²) in [5.74, 6) is -1.36. The summed E-state index contributed by atoms with van der Waals surface area (Å²) in [7, 11) is -2.36. The number of benzene rings is 1. The second kappa shape index (κ2) is 5.44. The molecule has 1 saturated heterocycles. The fraction of sp³-hybridized carbons (Fsp3) is 0.308. The van der Waals surface area contributed by atoms with E-state index in [9.17, 15) is 22.4 Å². The Hall–Kier alpha value is -2.69. The second-order valence-electron chi connectivity index (χ2n) is 5.12. The Bertz CT molecular complexity index is 954. The van der Waals surface area contributed by atoms with Crippen molar-refractivity contribution in [2.45, 2.75) is 11.3 Å². The molecule has 1 aliphatic heterocycles. The van der Waals surface area contributed by atoms with Crippen LogP contribution in [0.2, 0.25) is 0 Å². The van der Waals surface area contributed by atoms with Gasteiger partial charge in [-0.1, -0.05) is 0 Å². The molecule has 1 aliphatic rings. The molecule has 0 radical (unpaired) electrons. The molecule has 0 unspecified atom stereocenters. The number of cyclic esters (lactones) is 1. The molecular weight excluding hydrogens is 345 g/mol. The number of carbonyl (C=O) groups excluding carboxylic acids is 2. The molecule has 1 atom stereocenters. The van der Waals surface area contributed by atoms with E-state index in [1.807, 2.05) is 0 Å². The van der Waals surface area contributed by atoms with Crippen LogP contribution < -0.4 is 10.2 Å². The van der Waals surface area contributed by atoms with Crippen molar-refractivity contribution in [2.75, 3.05) is 24.7 Å². The lowest BCUT2D eigenvalue weighted by Crippen LogP contribution is -2.35. The number of nitrogens with one attached hydrogen (secondary N) is 1. The summed E-state index contributed by atoms with van der Waals surface area (Å²) in [6, 6.07) is 2.25. The molecule has 1 aromatic heterocycles. The van der Waals surface area contributed by atoms with Crippen molar-refractivity contribution in [3.05, 3.63) is 17.9 Å². The number of carbonyl (C=O) groups is 2. The highest BCUT2D eigenvalue weighted by atomic mass is 32.2. The van der Waals surface area contributed by atoms with Crippen LogP contribution in [-0.4, -0.2) is 51.4 Å². The van der Waals surface area contributed by atoms with E-state index < -0.39 is 39.0 Å². The lowest BCUT2D eigenvalue weighted by Gasteiger charge is -2.12. The smallest absolute Gasteiger partial charge is 0.415 e. The molecule has 2 heterocycles. The quantitative estimate of drug-likeness (QED) is 0.846. The third-order valence-electron chi connectivity index (χ3n) is 3.39. The number of amides is 2. The van der Waals surface area contributed by atoms with Gasteiger partial charge in [0.15, 0.2) is 17.5 Å². The van der Waals surface area contributed by atoms with Gasteiger partial charge in [0, 0.05) is 25.4 Å². The maximum Gasteiger partial charge on any atom is 0.415 e. The fourth-order valence-electron chi connectivity index (χ4n) is 2.24. The monoisotopic (exact) mass is 357 g/mol. The van der Waals surface area contributed by atoms with Crippen LogP contribution in [0.1, 0.15) is 0 Å². The molecule has 2 aromatic rings. The molecule has 0 aliphatic carbocycles. The number of sulfone groups is 1. The fourth-order valence-corrected chi connectivity index (χ4v) is 2.74. The van der Waals surface area contributed by atoms with Gasteiger partial charge in [0.05, 0.1) is 12.2 Å². The lowest BCUT2D eigenvalue weighted by molar-refractivity contribution is -0.127. The first-order valence-electron chi connectivity index (χ1n) is 6.70. The summed E-state index contributed by atoms with van der Waals surface area (Å²) in [5.41, 5.74) is -0.344. The van der Waals surface area contributed by atoms with Gasteiger partial charge in [-0.3, -0.25) is 9.69 Å². The van der Waals surface area contributed by atoms with Crippen LogP contribution in [0.4, 0.5) is 14.9 Å². The SMILES string of the molecule is CNC(=O)[C@H]1CN(c2cc(F)c3nc(S(C)(=O)=O)oc3c2)C(=O)O1. The molecule has 128 valence electrons. The molecule has 9 nitrogen and oxygen atoms in total. The number of rotatable bonds is 3. The lowest BCUT2D eigenvalue weighted by atomic mass is 10.2. The van der Waals surface area contributed by atoms with Gasteiger partial charge in [0.25, 0.3) is 5.91 Å². The van der Waals surface area contributed by atoms with Crippen LogP contribution in [-0.2, 0) is 19.4 Å². The van der Waals surface area contributed by atoms with Crippen molar-refractivity contribution in [3.63, 3.8) is 0 Å². The Kier molecular flexibility index (Phi) is 3.67. The first-order valence-corrected chi connectivity index (χ1v) is 8.59. The average Bonchev–Trinajstić information content (AvgIpc) is 3.09. The summed E-state index contributed by atoms with van der Waals surface area (Å²) in [6.07, 6.45) is -0.977. The minimum atomic E-state index is -3.75. The third kappa shape index (κ3) is 2.66. The number of ether oxygens (including phenoxy) is 1. The molecule has 11 heteroatoms. The van der Waals surface area contributed by atoms with E-state index in [0.29, 0.717) is 0 Å². The highest BCUT2D eigenvalue weighted by Gasteiger charge is 2.37. The molecule has 3 rings (SSSR count). The Morgan fingerprint density at radius 3 is 2.79 bits per heavy atom. The number of hydrogen-bond acceptors (Lipinski definition) is 7. The van der Waals surface area contributed by atoms with Crippen molar-refractivity contribution in [1.29, 1.82) is 0 Å². The summed E-state index contributed by atoms with van der Waals surface area (Å²) >= 11 is 0. The van der Waals surface area contributed by atoms with Gasteiger partial charge in [-0.05, 0) is 0 Å².